The molecule has 1 amide bonds. The Balaban J connectivity index is 1.60. The second kappa shape index (κ2) is 7.92. The third-order valence-electron chi connectivity index (χ3n) is 4.55. The maximum atomic E-state index is 12.5. The van der Waals surface area contributed by atoms with E-state index in [-0.39, 0.29) is 12.5 Å². The van der Waals surface area contributed by atoms with Crippen LogP contribution in [0.4, 0.5) is 0 Å². The highest BCUT2D eigenvalue weighted by molar-refractivity contribution is 5.93. The second-order valence-corrected chi connectivity index (χ2v) is 6.41. The van der Waals surface area contributed by atoms with E-state index in [1.165, 1.54) is 0 Å². The zero-order chi connectivity index (χ0) is 19.3. The van der Waals surface area contributed by atoms with Crippen LogP contribution < -0.4 is 10.1 Å². The van der Waals surface area contributed by atoms with Gasteiger partial charge >= 0.3 is 0 Å². The Kier molecular flexibility index (Phi) is 5.01. The number of amides is 1. The fourth-order valence-corrected chi connectivity index (χ4v) is 3.18. The Morgan fingerprint density at radius 2 is 2.07 bits per heavy atom. The summed E-state index contributed by atoms with van der Waals surface area (Å²) >= 11 is 0. The smallest absolute Gasteiger partial charge is 0.240 e. The van der Waals surface area contributed by atoms with E-state index in [0.29, 0.717) is 6.54 Å². The number of fused-ring (bicyclic) bond motifs is 1. The lowest BCUT2D eigenvalue weighted by molar-refractivity contribution is -0.121. The summed E-state index contributed by atoms with van der Waals surface area (Å²) in [7, 11) is 1.64. The third kappa shape index (κ3) is 3.71. The quantitative estimate of drug-likeness (QED) is 0.563. The Labute approximate surface area is 162 Å². The van der Waals surface area contributed by atoms with E-state index in [1.54, 1.807) is 25.7 Å². The van der Waals surface area contributed by atoms with Crippen molar-refractivity contribution in [3.63, 3.8) is 0 Å². The normalized spacial score (nSPS) is 10.8. The number of hydrogen-bond acceptors (Lipinski definition) is 4. The van der Waals surface area contributed by atoms with E-state index in [9.17, 15) is 4.79 Å². The number of pyridine rings is 2. The molecule has 0 aliphatic heterocycles. The average molecular weight is 372 g/mol. The van der Waals surface area contributed by atoms with Gasteiger partial charge in [0.2, 0.25) is 5.91 Å². The summed E-state index contributed by atoms with van der Waals surface area (Å²) in [5, 5.41) is 3.97. The molecule has 1 aromatic carbocycles. The summed E-state index contributed by atoms with van der Waals surface area (Å²) in [6.07, 6.45) is 7.16. The fourth-order valence-electron chi connectivity index (χ4n) is 3.18. The van der Waals surface area contributed by atoms with Gasteiger partial charge < -0.3 is 14.6 Å². The van der Waals surface area contributed by atoms with Gasteiger partial charge in [-0.2, -0.15) is 0 Å². The van der Waals surface area contributed by atoms with Gasteiger partial charge in [-0.05, 0) is 35.9 Å². The van der Waals surface area contributed by atoms with Gasteiger partial charge in [0, 0.05) is 42.3 Å². The molecule has 0 unspecified atom stereocenters. The second-order valence-electron chi connectivity index (χ2n) is 6.41. The molecule has 1 N–H and O–H groups in total. The molecule has 3 aromatic heterocycles. The van der Waals surface area contributed by atoms with Crippen LogP contribution in [0.25, 0.3) is 22.2 Å². The number of ether oxygens (including phenoxy) is 1. The molecule has 0 aliphatic carbocycles. The molecule has 4 rings (SSSR count). The number of methoxy groups -OCH3 is 1. The molecule has 0 saturated heterocycles. The van der Waals surface area contributed by atoms with E-state index >= 15 is 0 Å². The number of aromatic nitrogens is 3. The summed E-state index contributed by atoms with van der Waals surface area (Å²) in [6, 6.07) is 15.5. The standard InChI is InChI=1S/C22H20N4O2/c1-28-19-6-2-5-18(12-19)21-22-17(7-10-24-21)8-11-26(22)15-20(27)25-14-16-4-3-9-23-13-16/h2-13H,14-15H2,1H3,(H,25,27). The lowest BCUT2D eigenvalue weighted by Gasteiger charge is -2.11. The summed E-state index contributed by atoms with van der Waals surface area (Å²) in [5.41, 5.74) is 3.65. The first-order valence-electron chi connectivity index (χ1n) is 8.98. The van der Waals surface area contributed by atoms with Crippen LogP contribution in [0.3, 0.4) is 0 Å². The monoisotopic (exact) mass is 372 g/mol. The van der Waals surface area contributed by atoms with Crippen molar-refractivity contribution in [3.8, 4) is 17.0 Å². The van der Waals surface area contributed by atoms with Crippen molar-refractivity contribution in [1.82, 2.24) is 19.9 Å². The Morgan fingerprint density at radius 1 is 1.14 bits per heavy atom. The van der Waals surface area contributed by atoms with Crippen LogP contribution in [-0.2, 0) is 17.9 Å². The Bertz CT molecular complexity index is 1110. The largest absolute Gasteiger partial charge is 0.497 e. The van der Waals surface area contributed by atoms with E-state index in [1.807, 2.05) is 59.3 Å². The first kappa shape index (κ1) is 17.7. The molecule has 0 spiro atoms. The van der Waals surface area contributed by atoms with Crippen LogP contribution in [-0.4, -0.2) is 27.6 Å². The van der Waals surface area contributed by atoms with Crippen molar-refractivity contribution in [2.75, 3.05) is 7.11 Å². The molecule has 0 fully saturated rings. The van der Waals surface area contributed by atoms with Gasteiger partial charge in [-0.15, -0.1) is 0 Å². The topological polar surface area (TPSA) is 69.0 Å². The van der Waals surface area contributed by atoms with Crippen molar-refractivity contribution in [2.24, 2.45) is 0 Å². The van der Waals surface area contributed by atoms with Crippen LogP contribution in [0.2, 0.25) is 0 Å². The highest BCUT2D eigenvalue weighted by Gasteiger charge is 2.13. The molecule has 3 heterocycles. The number of hydrogen-bond donors (Lipinski definition) is 1. The summed E-state index contributed by atoms with van der Waals surface area (Å²) in [4.78, 5) is 21.1. The molecule has 6 nitrogen and oxygen atoms in total. The molecule has 0 saturated carbocycles. The first-order valence-corrected chi connectivity index (χ1v) is 8.98. The summed E-state index contributed by atoms with van der Waals surface area (Å²) < 4.78 is 7.26. The molecule has 4 aromatic rings. The Hall–Kier alpha value is -3.67. The van der Waals surface area contributed by atoms with Crippen LogP contribution in [0.5, 0.6) is 5.75 Å². The number of nitrogens with one attached hydrogen (secondary N) is 1. The van der Waals surface area contributed by atoms with E-state index < -0.39 is 0 Å². The van der Waals surface area contributed by atoms with E-state index in [4.69, 9.17) is 4.74 Å². The molecular formula is C22H20N4O2. The maximum Gasteiger partial charge on any atom is 0.240 e. The number of benzene rings is 1. The molecule has 0 bridgehead atoms. The lowest BCUT2D eigenvalue weighted by atomic mass is 10.1. The van der Waals surface area contributed by atoms with Crippen LogP contribution >= 0.6 is 0 Å². The number of carbonyl (C=O) groups excluding carboxylic acids is 1. The zero-order valence-electron chi connectivity index (χ0n) is 15.5. The highest BCUT2D eigenvalue weighted by Crippen LogP contribution is 2.29. The molecule has 0 atom stereocenters. The predicted octanol–water partition coefficient (Wildman–Crippen LogP) is 3.42. The number of rotatable bonds is 6. The van der Waals surface area contributed by atoms with Crippen LogP contribution in [0.15, 0.2) is 73.3 Å². The molecule has 0 aliphatic rings. The third-order valence-corrected chi connectivity index (χ3v) is 4.55. The highest BCUT2D eigenvalue weighted by atomic mass is 16.5. The van der Waals surface area contributed by atoms with E-state index in [2.05, 4.69) is 15.3 Å². The molecular weight excluding hydrogens is 352 g/mol. The maximum absolute atomic E-state index is 12.5. The van der Waals surface area contributed by atoms with Crippen molar-refractivity contribution < 1.29 is 9.53 Å². The van der Waals surface area contributed by atoms with Gasteiger partial charge in [0.25, 0.3) is 0 Å². The van der Waals surface area contributed by atoms with Gasteiger partial charge in [0.1, 0.15) is 12.3 Å². The predicted molar refractivity (Wildman–Crippen MR) is 108 cm³/mol. The lowest BCUT2D eigenvalue weighted by Crippen LogP contribution is -2.26. The number of nitrogens with zero attached hydrogens (tertiary/aromatic N) is 3. The van der Waals surface area contributed by atoms with E-state index in [0.717, 1.165) is 33.5 Å². The molecule has 28 heavy (non-hydrogen) atoms. The minimum atomic E-state index is -0.0678. The van der Waals surface area contributed by atoms with Crippen molar-refractivity contribution in [2.45, 2.75) is 13.1 Å². The molecule has 6 heteroatoms. The van der Waals surface area contributed by atoms with Crippen molar-refractivity contribution in [3.05, 3.63) is 78.9 Å². The number of carbonyl (C=O) groups is 1. The molecule has 140 valence electrons. The Morgan fingerprint density at radius 3 is 2.89 bits per heavy atom. The summed E-state index contributed by atoms with van der Waals surface area (Å²) in [6.45, 7) is 0.666. The first-order chi connectivity index (χ1) is 13.7. The van der Waals surface area contributed by atoms with Crippen molar-refractivity contribution in [1.29, 1.82) is 0 Å². The SMILES string of the molecule is COc1cccc(-c2nccc3ccn(CC(=O)NCc4cccnc4)c23)c1. The van der Waals surface area contributed by atoms with Crippen LogP contribution in [0.1, 0.15) is 5.56 Å². The van der Waals surface area contributed by atoms with Gasteiger partial charge in [-0.25, -0.2) is 0 Å². The van der Waals surface area contributed by atoms with Gasteiger partial charge in [0.05, 0.1) is 18.3 Å². The van der Waals surface area contributed by atoms with Gasteiger partial charge in [0.15, 0.2) is 0 Å². The average Bonchev–Trinajstić information content (AvgIpc) is 3.16. The van der Waals surface area contributed by atoms with Crippen LogP contribution in [0, 0.1) is 0 Å². The fraction of sp³-hybridized carbons (Fsp3) is 0.136. The van der Waals surface area contributed by atoms with Gasteiger partial charge in [-0.1, -0.05) is 18.2 Å². The summed E-state index contributed by atoms with van der Waals surface area (Å²) in [5.74, 6) is 0.699. The minimum absolute atomic E-state index is 0.0678. The van der Waals surface area contributed by atoms with Gasteiger partial charge in [-0.3, -0.25) is 14.8 Å². The zero-order valence-corrected chi connectivity index (χ0v) is 15.5. The minimum Gasteiger partial charge on any atom is -0.497 e. The molecule has 0 radical (unpaired) electrons. The van der Waals surface area contributed by atoms with Crippen molar-refractivity contribution >= 4 is 16.8 Å².